The van der Waals surface area contributed by atoms with Gasteiger partial charge in [0.1, 0.15) is 24.7 Å². The number of benzene rings is 3. The Labute approximate surface area is 192 Å². The van der Waals surface area contributed by atoms with Gasteiger partial charge in [-0.3, -0.25) is 9.10 Å². The van der Waals surface area contributed by atoms with Crippen LogP contribution in [0.5, 0.6) is 5.75 Å². The highest BCUT2D eigenvalue weighted by atomic mass is 32.2. The van der Waals surface area contributed by atoms with E-state index in [0.29, 0.717) is 12.4 Å². The van der Waals surface area contributed by atoms with Gasteiger partial charge in [0.2, 0.25) is 10.0 Å². The summed E-state index contributed by atoms with van der Waals surface area (Å²) in [4.78, 5) is 12.2. The highest BCUT2D eigenvalue weighted by molar-refractivity contribution is 7.92. The minimum absolute atomic E-state index is 0.180. The molecule has 0 fully saturated rings. The monoisotopic (exact) mass is 469 g/mol. The average molecular weight is 470 g/mol. The number of hydrogen-bond acceptors (Lipinski definition) is 5. The molecule has 3 aromatic rings. The van der Waals surface area contributed by atoms with Crippen molar-refractivity contribution in [3.8, 4) is 5.75 Å². The molecule has 0 unspecified atom stereocenters. The van der Waals surface area contributed by atoms with E-state index in [1.807, 2.05) is 31.2 Å². The summed E-state index contributed by atoms with van der Waals surface area (Å²) in [6.45, 7) is 1.99. The summed E-state index contributed by atoms with van der Waals surface area (Å²) in [7, 11) is -3.75. The molecule has 172 valence electrons. The first-order valence-corrected chi connectivity index (χ1v) is 11.9. The van der Waals surface area contributed by atoms with Crippen LogP contribution in [0.3, 0.4) is 0 Å². The summed E-state index contributed by atoms with van der Waals surface area (Å²) < 4.78 is 43.8. The van der Waals surface area contributed by atoms with Crippen molar-refractivity contribution < 1.29 is 22.3 Å². The Balaban J connectivity index is 1.53. The number of amides is 1. The molecule has 3 rings (SSSR count). The Morgan fingerprint density at radius 1 is 1.03 bits per heavy atom. The number of nitrogens with one attached hydrogen (secondary N) is 1. The maximum absolute atomic E-state index is 13.1. The lowest BCUT2D eigenvalue weighted by Crippen LogP contribution is -2.39. The van der Waals surface area contributed by atoms with Crippen LogP contribution in [-0.2, 0) is 21.4 Å². The third-order valence-electron chi connectivity index (χ3n) is 4.61. The van der Waals surface area contributed by atoms with Crippen LogP contribution in [0.1, 0.15) is 16.7 Å². The van der Waals surface area contributed by atoms with Crippen LogP contribution < -0.4 is 14.5 Å². The van der Waals surface area contributed by atoms with Crippen LogP contribution in [0.25, 0.3) is 0 Å². The molecule has 1 amide bonds. The number of hydrogen-bond donors (Lipinski definition) is 1. The van der Waals surface area contributed by atoms with E-state index in [1.54, 1.807) is 24.3 Å². The molecule has 0 atom stereocenters. The van der Waals surface area contributed by atoms with Crippen LogP contribution in [0.15, 0.2) is 77.9 Å². The Bertz CT molecular complexity index is 1210. The summed E-state index contributed by atoms with van der Waals surface area (Å²) in [5.74, 6) is -0.452. The molecule has 3 aromatic carbocycles. The molecular formula is C24H24FN3O4S. The number of aryl methyl sites for hydroxylation is 1. The van der Waals surface area contributed by atoms with Gasteiger partial charge in [0.25, 0.3) is 5.91 Å². The first-order valence-electron chi connectivity index (χ1n) is 10.0. The molecule has 0 aromatic heterocycles. The van der Waals surface area contributed by atoms with Crippen LogP contribution in [0, 0.1) is 12.7 Å². The van der Waals surface area contributed by atoms with Gasteiger partial charge in [-0.1, -0.05) is 29.8 Å². The summed E-state index contributed by atoms with van der Waals surface area (Å²) in [5, 5.41) is 3.87. The van der Waals surface area contributed by atoms with Gasteiger partial charge in [0, 0.05) is 0 Å². The number of carbonyl (C=O) groups excluding carboxylic acids is 1. The van der Waals surface area contributed by atoms with Crippen LogP contribution in [-0.4, -0.2) is 33.3 Å². The molecule has 1 N–H and O–H groups in total. The zero-order valence-electron chi connectivity index (χ0n) is 18.2. The van der Waals surface area contributed by atoms with Crippen molar-refractivity contribution in [3.05, 3.63) is 95.3 Å². The number of nitrogens with zero attached hydrogens (tertiary/aromatic N) is 2. The maximum Gasteiger partial charge on any atom is 0.260 e. The van der Waals surface area contributed by atoms with Gasteiger partial charge in [0.05, 0.1) is 18.2 Å². The predicted molar refractivity (Wildman–Crippen MR) is 126 cm³/mol. The molecule has 0 spiro atoms. The van der Waals surface area contributed by atoms with Crippen molar-refractivity contribution in [2.24, 2.45) is 5.10 Å². The summed E-state index contributed by atoms with van der Waals surface area (Å²) in [5.41, 5.74) is 5.45. The standard InChI is InChI=1S/C24H24FN3O4S/c1-18-3-5-20(6-4-18)17-32-23-13-7-19(8-14-23)15-26-27-24(29)16-28(33(2,30)31)22-11-9-21(25)10-12-22/h3-15H,16-17H2,1-2H3,(H,27,29)/b26-15-. The van der Waals surface area contributed by atoms with Crippen molar-refractivity contribution in [2.45, 2.75) is 13.5 Å². The molecule has 7 nitrogen and oxygen atoms in total. The van der Waals surface area contributed by atoms with E-state index >= 15 is 0 Å². The topological polar surface area (TPSA) is 88.1 Å². The number of hydrazone groups is 1. The smallest absolute Gasteiger partial charge is 0.260 e. The lowest BCUT2D eigenvalue weighted by atomic mass is 10.2. The van der Waals surface area contributed by atoms with E-state index in [1.165, 1.54) is 23.9 Å². The van der Waals surface area contributed by atoms with E-state index in [9.17, 15) is 17.6 Å². The molecule has 0 saturated carbocycles. The molecule has 0 bridgehead atoms. The minimum atomic E-state index is -3.75. The Morgan fingerprint density at radius 2 is 1.67 bits per heavy atom. The van der Waals surface area contributed by atoms with E-state index in [0.717, 1.165) is 33.8 Å². The molecular weight excluding hydrogens is 445 g/mol. The molecule has 9 heteroatoms. The highest BCUT2D eigenvalue weighted by Gasteiger charge is 2.20. The summed E-state index contributed by atoms with van der Waals surface area (Å²) in [6.07, 6.45) is 2.40. The number of anilines is 1. The second-order valence-corrected chi connectivity index (χ2v) is 9.29. The van der Waals surface area contributed by atoms with Crippen LogP contribution in [0.4, 0.5) is 10.1 Å². The highest BCUT2D eigenvalue weighted by Crippen LogP contribution is 2.18. The quantitative estimate of drug-likeness (QED) is 0.383. The third kappa shape index (κ3) is 7.43. The number of rotatable bonds is 9. The average Bonchev–Trinajstić information content (AvgIpc) is 2.78. The fraction of sp³-hybridized carbons (Fsp3) is 0.167. The first-order chi connectivity index (χ1) is 15.7. The number of carbonyl (C=O) groups is 1. The summed E-state index contributed by atoms with van der Waals surface area (Å²) >= 11 is 0. The lowest BCUT2D eigenvalue weighted by Gasteiger charge is -2.21. The van der Waals surface area contributed by atoms with Crippen molar-refractivity contribution in [1.82, 2.24) is 5.43 Å². The van der Waals surface area contributed by atoms with E-state index in [4.69, 9.17) is 4.74 Å². The van der Waals surface area contributed by atoms with E-state index < -0.39 is 28.3 Å². The first kappa shape index (κ1) is 23.9. The zero-order valence-corrected chi connectivity index (χ0v) is 19.0. The van der Waals surface area contributed by atoms with Gasteiger partial charge in [-0.2, -0.15) is 5.10 Å². The predicted octanol–water partition coefficient (Wildman–Crippen LogP) is 3.63. The molecule has 0 aliphatic heterocycles. The molecule has 0 heterocycles. The number of halogens is 1. The largest absolute Gasteiger partial charge is 0.489 e. The molecule has 0 radical (unpaired) electrons. The van der Waals surface area contributed by atoms with Crippen molar-refractivity contribution >= 4 is 27.8 Å². The van der Waals surface area contributed by atoms with Crippen molar-refractivity contribution in [2.75, 3.05) is 17.1 Å². The molecule has 33 heavy (non-hydrogen) atoms. The van der Waals surface area contributed by atoms with Gasteiger partial charge >= 0.3 is 0 Å². The van der Waals surface area contributed by atoms with Gasteiger partial charge in [0.15, 0.2) is 0 Å². The molecule has 0 aliphatic rings. The van der Waals surface area contributed by atoms with Gasteiger partial charge in [-0.05, 0) is 66.6 Å². The Kier molecular flexibility index (Phi) is 7.78. The maximum atomic E-state index is 13.1. The molecule has 0 saturated heterocycles. The van der Waals surface area contributed by atoms with E-state index in [2.05, 4.69) is 10.5 Å². The van der Waals surface area contributed by atoms with E-state index in [-0.39, 0.29) is 5.69 Å². The van der Waals surface area contributed by atoms with Crippen molar-refractivity contribution in [3.63, 3.8) is 0 Å². The van der Waals surface area contributed by atoms with Crippen molar-refractivity contribution in [1.29, 1.82) is 0 Å². The Morgan fingerprint density at radius 3 is 2.27 bits per heavy atom. The fourth-order valence-corrected chi connectivity index (χ4v) is 3.71. The summed E-state index contributed by atoms with van der Waals surface area (Å²) in [6, 6.07) is 20.0. The number of ether oxygens (including phenoxy) is 1. The SMILES string of the molecule is Cc1ccc(COc2ccc(/C=N\NC(=O)CN(c3ccc(F)cc3)S(C)(=O)=O)cc2)cc1. The molecule has 0 aliphatic carbocycles. The Hall–Kier alpha value is -3.72. The van der Waals surface area contributed by atoms with Crippen LogP contribution in [0.2, 0.25) is 0 Å². The zero-order chi connectivity index (χ0) is 23.8. The fourth-order valence-electron chi connectivity index (χ4n) is 2.85. The lowest BCUT2D eigenvalue weighted by molar-refractivity contribution is -0.119. The number of sulfonamides is 1. The van der Waals surface area contributed by atoms with Gasteiger partial charge in [-0.25, -0.2) is 18.2 Å². The second-order valence-electron chi connectivity index (χ2n) is 7.38. The second kappa shape index (κ2) is 10.7. The normalized spacial score (nSPS) is 11.4. The van der Waals surface area contributed by atoms with Gasteiger partial charge < -0.3 is 4.74 Å². The van der Waals surface area contributed by atoms with Crippen LogP contribution >= 0.6 is 0 Å². The van der Waals surface area contributed by atoms with Gasteiger partial charge in [-0.15, -0.1) is 0 Å². The third-order valence-corrected chi connectivity index (χ3v) is 5.75. The minimum Gasteiger partial charge on any atom is -0.489 e.